The average molecular weight is 510 g/mol. The fourth-order valence-electron chi connectivity index (χ4n) is 4.57. The Morgan fingerprint density at radius 3 is 2.42 bits per heavy atom. The number of esters is 1. The molecule has 38 heavy (non-hydrogen) atoms. The second-order valence-corrected chi connectivity index (χ2v) is 9.77. The minimum Gasteiger partial charge on any atom is -0.503 e. The summed E-state index contributed by atoms with van der Waals surface area (Å²) in [4.78, 5) is 40.9. The van der Waals surface area contributed by atoms with Gasteiger partial charge in [-0.1, -0.05) is 61.9 Å². The normalized spacial score (nSPS) is 15.5. The number of nitrogens with zero attached hydrogens (tertiary/aromatic N) is 1. The van der Waals surface area contributed by atoms with E-state index >= 15 is 0 Å². The second-order valence-electron chi connectivity index (χ2n) is 9.77. The van der Waals surface area contributed by atoms with E-state index in [0.29, 0.717) is 29.0 Å². The van der Waals surface area contributed by atoms with Crippen molar-refractivity contribution >= 4 is 34.3 Å². The van der Waals surface area contributed by atoms with Crippen molar-refractivity contribution in [3.8, 4) is 0 Å². The molecule has 7 nitrogen and oxygen atoms in total. The van der Waals surface area contributed by atoms with Crippen LogP contribution < -0.4 is 4.90 Å². The van der Waals surface area contributed by atoms with Crippen LogP contribution in [0.5, 0.6) is 0 Å². The van der Waals surface area contributed by atoms with E-state index in [1.807, 2.05) is 51.1 Å². The molecule has 5 rings (SSSR count). The van der Waals surface area contributed by atoms with Crippen LogP contribution in [0.3, 0.4) is 0 Å². The third kappa shape index (κ3) is 4.59. The van der Waals surface area contributed by atoms with Crippen LogP contribution in [-0.4, -0.2) is 29.4 Å². The van der Waals surface area contributed by atoms with E-state index in [9.17, 15) is 19.5 Å². The van der Waals surface area contributed by atoms with E-state index in [1.54, 1.807) is 48.5 Å². The van der Waals surface area contributed by atoms with Crippen molar-refractivity contribution in [1.82, 2.24) is 0 Å². The number of para-hydroxylation sites is 1. The first-order valence-electron chi connectivity index (χ1n) is 12.4. The zero-order valence-electron chi connectivity index (χ0n) is 21.3. The van der Waals surface area contributed by atoms with Crippen LogP contribution in [0.2, 0.25) is 0 Å². The summed E-state index contributed by atoms with van der Waals surface area (Å²) in [6, 6.07) is 21.7. The van der Waals surface area contributed by atoms with Crippen molar-refractivity contribution in [3.05, 3.63) is 113 Å². The number of fused-ring (bicyclic) bond motifs is 1. The number of ketones is 1. The Hall–Kier alpha value is -4.65. The Labute approximate surface area is 219 Å². The summed E-state index contributed by atoms with van der Waals surface area (Å²) in [6.07, 6.45) is 0. The van der Waals surface area contributed by atoms with Crippen LogP contribution in [0, 0.1) is 12.8 Å². The minimum atomic E-state index is -0.901. The lowest BCUT2D eigenvalue weighted by Gasteiger charge is -2.27. The van der Waals surface area contributed by atoms with E-state index in [-0.39, 0.29) is 17.3 Å². The summed E-state index contributed by atoms with van der Waals surface area (Å²) in [5.74, 6) is -2.16. The molecule has 3 aromatic carbocycles. The monoisotopic (exact) mass is 509 g/mol. The van der Waals surface area contributed by atoms with Gasteiger partial charge in [-0.05, 0) is 54.8 Å². The number of benzene rings is 3. The van der Waals surface area contributed by atoms with Gasteiger partial charge in [0.05, 0.1) is 23.8 Å². The lowest BCUT2D eigenvalue weighted by atomic mass is 9.93. The highest BCUT2D eigenvalue weighted by molar-refractivity contribution is 6.20. The van der Waals surface area contributed by atoms with Gasteiger partial charge in [0.1, 0.15) is 5.58 Å². The number of carbonyl (C=O) groups excluding carboxylic acids is 3. The third-order valence-corrected chi connectivity index (χ3v) is 6.39. The number of aliphatic hydroxyl groups excluding tert-OH is 1. The van der Waals surface area contributed by atoms with Gasteiger partial charge in [-0.15, -0.1) is 0 Å². The molecule has 1 amide bonds. The highest BCUT2D eigenvalue weighted by Gasteiger charge is 2.45. The first-order valence-corrected chi connectivity index (χ1v) is 12.4. The molecule has 1 unspecified atom stereocenters. The Balaban J connectivity index is 1.55. The van der Waals surface area contributed by atoms with Crippen molar-refractivity contribution in [1.29, 1.82) is 0 Å². The maximum atomic E-state index is 13.7. The van der Waals surface area contributed by atoms with Crippen LogP contribution in [0.1, 0.15) is 51.9 Å². The topological polar surface area (TPSA) is 97.0 Å². The Kier molecular flexibility index (Phi) is 6.59. The maximum absolute atomic E-state index is 13.7. The lowest BCUT2D eigenvalue weighted by molar-refractivity contribution is -0.117. The highest BCUT2D eigenvalue weighted by Crippen LogP contribution is 2.42. The molecule has 0 bridgehead atoms. The van der Waals surface area contributed by atoms with Crippen LogP contribution in [0.15, 0.2) is 94.6 Å². The molecular formula is C31H27NO6. The molecule has 0 radical (unpaired) electrons. The van der Waals surface area contributed by atoms with Gasteiger partial charge < -0.3 is 14.3 Å². The Morgan fingerprint density at radius 2 is 1.74 bits per heavy atom. The quantitative estimate of drug-likeness (QED) is 0.231. The molecule has 0 saturated carbocycles. The molecule has 0 spiro atoms. The fraction of sp³-hybridized carbons (Fsp3) is 0.194. The van der Waals surface area contributed by atoms with Crippen molar-refractivity contribution < 1.29 is 28.6 Å². The van der Waals surface area contributed by atoms with Crippen LogP contribution in [0.4, 0.5) is 5.69 Å². The summed E-state index contributed by atoms with van der Waals surface area (Å²) in [5.41, 5.74) is 2.80. The summed E-state index contributed by atoms with van der Waals surface area (Å²) >= 11 is 0. The number of hydrogen-bond donors (Lipinski definition) is 1. The van der Waals surface area contributed by atoms with Crippen LogP contribution >= 0.6 is 0 Å². The number of aliphatic hydroxyl groups is 1. The number of hydrogen-bond acceptors (Lipinski definition) is 6. The largest absolute Gasteiger partial charge is 0.503 e. The molecule has 1 aliphatic rings. The molecule has 1 N–H and O–H groups in total. The van der Waals surface area contributed by atoms with Gasteiger partial charge >= 0.3 is 5.97 Å². The number of aryl methyl sites for hydroxylation is 1. The number of anilines is 1. The molecular weight excluding hydrogens is 482 g/mol. The zero-order valence-corrected chi connectivity index (χ0v) is 21.3. The molecule has 1 atom stereocenters. The predicted octanol–water partition coefficient (Wildman–Crippen LogP) is 6.34. The van der Waals surface area contributed by atoms with Crippen LogP contribution in [0.25, 0.3) is 11.0 Å². The lowest BCUT2D eigenvalue weighted by Crippen LogP contribution is -2.31. The highest BCUT2D eigenvalue weighted by atomic mass is 16.5. The molecule has 0 aliphatic carbocycles. The summed E-state index contributed by atoms with van der Waals surface area (Å²) in [6.45, 7) is 6.10. The van der Waals surface area contributed by atoms with E-state index in [2.05, 4.69) is 0 Å². The molecule has 2 heterocycles. The van der Waals surface area contributed by atoms with E-state index < -0.39 is 29.5 Å². The first-order chi connectivity index (χ1) is 18.2. The Bertz CT molecular complexity index is 1540. The number of ether oxygens (including phenoxy) is 1. The van der Waals surface area contributed by atoms with Gasteiger partial charge in [-0.25, -0.2) is 4.79 Å². The van der Waals surface area contributed by atoms with Gasteiger partial charge in [0.25, 0.3) is 5.91 Å². The molecule has 1 aliphatic heterocycles. The molecule has 0 saturated heterocycles. The van der Waals surface area contributed by atoms with Gasteiger partial charge in [0.2, 0.25) is 5.78 Å². The number of carbonyl (C=O) groups is 3. The van der Waals surface area contributed by atoms with E-state index in [0.717, 1.165) is 10.9 Å². The molecule has 0 fully saturated rings. The number of Topliss-reactive ketones (excluding diaryl/α,β-unsaturated/α-hetero) is 1. The SMILES string of the molecule is Cc1cccc(C2C(C(=O)c3cc4ccccc4o3)=C(O)C(=O)N2c2ccc(C(=O)OCC(C)C)cc2)c1. The van der Waals surface area contributed by atoms with Crippen molar-refractivity contribution in [2.45, 2.75) is 26.8 Å². The molecule has 7 heteroatoms. The van der Waals surface area contributed by atoms with E-state index in [4.69, 9.17) is 9.15 Å². The number of amides is 1. The van der Waals surface area contributed by atoms with Gasteiger partial charge in [-0.2, -0.15) is 0 Å². The summed E-state index contributed by atoms with van der Waals surface area (Å²) < 4.78 is 11.1. The minimum absolute atomic E-state index is 0.0308. The van der Waals surface area contributed by atoms with Crippen LogP contribution in [-0.2, 0) is 9.53 Å². The van der Waals surface area contributed by atoms with Crippen molar-refractivity contribution in [3.63, 3.8) is 0 Å². The number of furan rings is 1. The van der Waals surface area contributed by atoms with Crippen molar-refractivity contribution in [2.75, 3.05) is 11.5 Å². The van der Waals surface area contributed by atoms with Gasteiger partial charge in [0, 0.05) is 11.1 Å². The third-order valence-electron chi connectivity index (χ3n) is 6.39. The number of rotatable bonds is 7. The second kappa shape index (κ2) is 10.0. The summed E-state index contributed by atoms with van der Waals surface area (Å²) in [5, 5.41) is 11.8. The van der Waals surface area contributed by atoms with E-state index in [1.165, 1.54) is 4.90 Å². The van der Waals surface area contributed by atoms with Gasteiger partial charge in [0.15, 0.2) is 11.5 Å². The Morgan fingerprint density at radius 1 is 1.00 bits per heavy atom. The molecule has 1 aromatic heterocycles. The van der Waals surface area contributed by atoms with Gasteiger partial charge in [-0.3, -0.25) is 14.5 Å². The standard InChI is InChI=1S/C31H27NO6/c1-18(2)17-37-31(36)20-11-13-23(14-12-20)32-27(22-9-6-7-19(3)15-22)26(29(34)30(32)35)28(33)25-16-21-8-4-5-10-24(21)38-25/h4-16,18,27,34H,17H2,1-3H3. The van der Waals surface area contributed by atoms with Crippen molar-refractivity contribution in [2.24, 2.45) is 5.92 Å². The average Bonchev–Trinajstić information content (AvgIpc) is 3.46. The first kappa shape index (κ1) is 25.0. The molecule has 4 aromatic rings. The summed E-state index contributed by atoms with van der Waals surface area (Å²) in [7, 11) is 0. The maximum Gasteiger partial charge on any atom is 0.338 e. The smallest absolute Gasteiger partial charge is 0.338 e. The zero-order chi connectivity index (χ0) is 27.0. The predicted molar refractivity (Wildman–Crippen MR) is 143 cm³/mol. The fourth-order valence-corrected chi connectivity index (χ4v) is 4.57. The molecule has 192 valence electrons.